The van der Waals surface area contributed by atoms with Crippen molar-refractivity contribution in [2.75, 3.05) is 5.88 Å². The summed E-state index contributed by atoms with van der Waals surface area (Å²) in [4.78, 5) is 0. The molecule has 0 nitrogen and oxygen atoms in total. The average molecular weight is 332 g/mol. The highest BCUT2D eigenvalue weighted by Crippen LogP contribution is 2.21. The van der Waals surface area contributed by atoms with E-state index in [1.807, 2.05) is 24.3 Å². The van der Waals surface area contributed by atoms with E-state index < -0.39 is 0 Å². The molecule has 0 heterocycles. The first-order chi connectivity index (χ1) is 9.58. The molecule has 2 rings (SSSR count). The number of alkyl halides is 1. The van der Waals surface area contributed by atoms with E-state index in [9.17, 15) is 4.39 Å². The van der Waals surface area contributed by atoms with E-state index in [0.717, 1.165) is 12.0 Å². The smallest absolute Gasteiger partial charge is 0.127 e. The van der Waals surface area contributed by atoms with Crippen LogP contribution >= 0.6 is 34.8 Å². The molecule has 0 amide bonds. The predicted molar refractivity (Wildman–Crippen MR) is 84.5 cm³/mol. The molecule has 0 aliphatic carbocycles. The lowest BCUT2D eigenvalue weighted by Crippen LogP contribution is -2.11. The van der Waals surface area contributed by atoms with E-state index in [1.54, 1.807) is 12.1 Å². The quantitative estimate of drug-likeness (QED) is 0.610. The third-order valence-corrected chi connectivity index (χ3v) is 4.10. The van der Waals surface area contributed by atoms with Crippen molar-refractivity contribution in [1.29, 1.82) is 0 Å². The summed E-state index contributed by atoms with van der Waals surface area (Å²) in [7, 11) is 0. The number of halogens is 4. The van der Waals surface area contributed by atoms with Crippen molar-refractivity contribution in [3.63, 3.8) is 0 Å². The van der Waals surface area contributed by atoms with Crippen molar-refractivity contribution in [2.24, 2.45) is 5.92 Å². The van der Waals surface area contributed by atoms with Gasteiger partial charge in [0, 0.05) is 15.9 Å². The van der Waals surface area contributed by atoms with E-state index in [0.29, 0.717) is 27.9 Å². The fraction of sp³-hybridized carbons (Fsp3) is 0.250. The van der Waals surface area contributed by atoms with Crippen LogP contribution in [0.25, 0.3) is 0 Å². The predicted octanol–water partition coefficient (Wildman–Crippen LogP) is 5.77. The zero-order chi connectivity index (χ0) is 14.5. The van der Waals surface area contributed by atoms with E-state index in [2.05, 4.69) is 0 Å². The number of hydrogen-bond acceptors (Lipinski definition) is 0. The summed E-state index contributed by atoms with van der Waals surface area (Å²) in [6, 6.07) is 12.4. The molecule has 0 aromatic heterocycles. The Labute approximate surface area is 133 Å². The van der Waals surface area contributed by atoms with Crippen molar-refractivity contribution in [1.82, 2.24) is 0 Å². The van der Waals surface area contributed by atoms with Crippen molar-refractivity contribution in [2.45, 2.75) is 12.8 Å². The topological polar surface area (TPSA) is 0 Å². The minimum absolute atomic E-state index is 0.175. The Morgan fingerprint density at radius 3 is 2.15 bits per heavy atom. The Balaban J connectivity index is 2.07. The summed E-state index contributed by atoms with van der Waals surface area (Å²) in [6.07, 6.45) is 1.39. The van der Waals surface area contributed by atoms with Gasteiger partial charge in [-0.05, 0) is 54.2 Å². The second-order valence-corrected chi connectivity index (χ2v) is 5.97. The Morgan fingerprint density at radius 2 is 1.55 bits per heavy atom. The van der Waals surface area contributed by atoms with Gasteiger partial charge in [0.15, 0.2) is 0 Å². The first-order valence-electron chi connectivity index (χ1n) is 6.33. The summed E-state index contributed by atoms with van der Waals surface area (Å²) < 4.78 is 13.8. The van der Waals surface area contributed by atoms with Crippen molar-refractivity contribution in [3.8, 4) is 0 Å². The Kier molecular flexibility index (Phi) is 5.71. The van der Waals surface area contributed by atoms with Crippen LogP contribution in [-0.4, -0.2) is 5.88 Å². The highest BCUT2D eigenvalue weighted by molar-refractivity contribution is 6.30. The van der Waals surface area contributed by atoms with Crippen LogP contribution in [0.5, 0.6) is 0 Å². The van der Waals surface area contributed by atoms with Crippen LogP contribution in [0.3, 0.4) is 0 Å². The van der Waals surface area contributed by atoms with Gasteiger partial charge in [0.25, 0.3) is 0 Å². The largest absolute Gasteiger partial charge is 0.207 e. The molecule has 0 saturated carbocycles. The van der Waals surface area contributed by atoms with Crippen LogP contribution in [0.4, 0.5) is 4.39 Å². The maximum Gasteiger partial charge on any atom is 0.127 e. The Morgan fingerprint density at radius 1 is 0.900 bits per heavy atom. The minimum Gasteiger partial charge on any atom is -0.207 e. The maximum absolute atomic E-state index is 13.8. The van der Waals surface area contributed by atoms with Crippen molar-refractivity contribution >= 4 is 34.8 Å². The van der Waals surface area contributed by atoms with Gasteiger partial charge in [-0.3, -0.25) is 0 Å². The van der Waals surface area contributed by atoms with Gasteiger partial charge in [0.2, 0.25) is 0 Å². The second kappa shape index (κ2) is 7.31. The summed E-state index contributed by atoms with van der Waals surface area (Å²) in [6.45, 7) is 0. The zero-order valence-corrected chi connectivity index (χ0v) is 13.0. The van der Waals surface area contributed by atoms with Gasteiger partial charge in [-0.15, -0.1) is 11.6 Å². The van der Waals surface area contributed by atoms with Gasteiger partial charge < -0.3 is 0 Å². The van der Waals surface area contributed by atoms with Crippen molar-refractivity contribution < 1.29 is 4.39 Å². The number of rotatable bonds is 5. The molecule has 2 aromatic carbocycles. The fourth-order valence-corrected chi connectivity index (χ4v) is 2.64. The summed E-state index contributed by atoms with van der Waals surface area (Å²) >= 11 is 17.6. The molecule has 0 saturated heterocycles. The molecule has 0 N–H and O–H groups in total. The molecule has 20 heavy (non-hydrogen) atoms. The molecule has 0 fully saturated rings. The molecule has 0 spiro atoms. The molecule has 106 valence electrons. The molecule has 2 aromatic rings. The van der Waals surface area contributed by atoms with Crippen LogP contribution in [0.1, 0.15) is 11.1 Å². The van der Waals surface area contributed by atoms with Crippen LogP contribution in [0.15, 0.2) is 42.5 Å². The highest BCUT2D eigenvalue weighted by Gasteiger charge is 2.13. The number of benzene rings is 2. The standard InChI is InChI=1S/C16H14Cl3F/c17-10-12(7-11-1-4-14(18)5-2-11)8-13-3-6-15(19)9-16(13)20/h1-6,9,12H,7-8,10H2. The van der Waals surface area contributed by atoms with Gasteiger partial charge in [-0.25, -0.2) is 4.39 Å². The van der Waals surface area contributed by atoms with Gasteiger partial charge in [0.05, 0.1) is 0 Å². The lowest BCUT2D eigenvalue weighted by molar-refractivity contribution is 0.546. The minimum atomic E-state index is -0.274. The molecule has 1 unspecified atom stereocenters. The first-order valence-corrected chi connectivity index (χ1v) is 7.62. The normalized spacial score (nSPS) is 12.4. The monoisotopic (exact) mass is 330 g/mol. The van der Waals surface area contributed by atoms with Gasteiger partial charge in [-0.2, -0.15) is 0 Å². The van der Waals surface area contributed by atoms with Crippen molar-refractivity contribution in [3.05, 3.63) is 69.5 Å². The summed E-state index contributed by atoms with van der Waals surface area (Å²) in [5, 5.41) is 1.12. The number of hydrogen-bond donors (Lipinski definition) is 0. The molecule has 0 aliphatic heterocycles. The second-order valence-electron chi connectivity index (χ2n) is 4.79. The lowest BCUT2D eigenvalue weighted by Gasteiger charge is -2.15. The SMILES string of the molecule is Fc1cc(Cl)ccc1CC(CCl)Cc1ccc(Cl)cc1. The molecule has 4 heteroatoms. The molecular formula is C16H14Cl3F. The fourth-order valence-electron chi connectivity index (χ4n) is 2.13. The Hall–Kier alpha value is -0.760. The van der Waals surface area contributed by atoms with Crippen LogP contribution in [-0.2, 0) is 12.8 Å². The molecule has 0 bridgehead atoms. The van der Waals surface area contributed by atoms with E-state index in [1.165, 1.54) is 6.07 Å². The average Bonchev–Trinajstić information content (AvgIpc) is 2.43. The molecule has 1 atom stereocenters. The molecule has 0 radical (unpaired) electrons. The zero-order valence-electron chi connectivity index (χ0n) is 10.8. The van der Waals surface area contributed by atoms with Crippen LogP contribution in [0, 0.1) is 11.7 Å². The van der Waals surface area contributed by atoms with Crippen LogP contribution < -0.4 is 0 Å². The summed E-state index contributed by atoms with van der Waals surface area (Å²) in [5.74, 6) is 0.377. The van der Waals surface area contributed by atoms with Gasteiger partial charge in [-0.1, -0.05) is 41.4 Å². The van der Waals surface area contributed by atoms with Gasteiger partial charge >= 0.3 is 0 Å². The molecular weight excluding hydrogens is 318 g/mol. The molecule has 0 aliphatic rings. The Bertz CT molecular complexity index is 566. The van der Waals surface area contributed by atoms with E-state index in [-0.39, 0.29) is 11.7 Å². The highest BCUT2D eigenvalue weighted by atomic mass is 35.5. The third kappa shape index (κ3) is 4.37. The third-order valence-electron chi connectivity index (χ3n) is 3.18. The van der Waals surface area contributed by atoms with Gasteiger partial charge in [0.1, 0.15) is 5.82 Å². The van der Waals surface area contributed by atoms with E-state index >= 15 is 0 Å². The maximum atomic E-state index is 13.8. The van der Waals surface area contributed by atoms with Crippen LogP contribution in [0.2, 0.25) is 10.0 Å². The first kappa shape index (κ1) is 15.6. The van der Waals surface area contributed by atoms with E-state index in [4.69, 9.17) is 34.8 Å². The lowest BCUT2D eigenvalue weighted by atomic mass is 9.94. The summed E-state index contributed by atoms with van der Waals surface area (Å²) in [5.41, 5.74) is 1.79.